The molecule has 0 rings (SSSR count). The van der Waals surface area contributed by atoms with Gasteiger partial charge < -0.3 is 27.6 Å². The van der Waals surface area contributed by atoms with Crippen molar-refractivity contribution in [3.8, 4) is 0 Å². The summed E-state index contributed by atoms with van der Waals surface area (Å²) in [4.78, 5) is 25.3. The highest BCUT2D eigenvalue weighted by Crippen LogP contribution is 1.95. The van der Waals surface area contributed by atoms with Gasteiger partial charge in [-0.15, -0.1) is 0 Å². The maximum absolute atomic E-state index is 11.3. The molecule has 8 nitrogen and oxygen atoms in total. The highest BCUT2D eigenvalue weighted by atomic mass is 16.4. The summed E-state index contributed by atoms with van der Waals surface area (Å²) in [6, 6.07) is -0.669. The summed E-state index contributed by atoms with van der Waals surface area (Å²) in [7, 11) is 0. The van der Waals surface area contributed by atoms with Crippen molar-refractivity contribution in [1.29, 1.82) is 0 Å². The zero-order valence-electron chi connectivity index (χ0n) is 9.56. The molecule has 0 spiro atoms. The van der Waals surface area contributed by atoms with E-state index in [1.807, 2.05) is 0 Å². The molecule has 0 fully saturated rings. The lowest BCUT2D eigenvalue weighted by atomic mass is 10.1. The van der Waals surface area contributed by atoms with Gasteiger partial charge in [-0.3, -0.25) is 14.6 Å². The zero-order chi connectivity index (χ0) is 13.3. The highest BCUT2D eigenvalue weighted by Gasteiger charge is 2.12. The van der Waals surface area contributed by atoms with Crippen molar-refractivity contribution in [2.24, 2.45) is 22.2 Å². The molecule has 0 saturated carbocycles. The molecule has 17 heavy (non-hydrogen) atoms. The van der Waals surface area contributed by atoms with E-state index in [1.165, 1.54) is 0 Å². The average Bonchev–Trinajstić information content (AvgIpc) is 2.23. The Kier molecular flexibility index (Phi) is 7.44. The molecule has 0 heterocycles. The number of carboxylic acid groups (broad SMARTS) is 1. The number of carbonyl (C=O) groups is 2. The number of nitrogens with zero attached hydrogens (tertiary/aromatic N) is 1. The van der Waals surface area contributed by atoms with Crippen molar-refractivity contribution < 1.29 is 14.7 Å². The van der Waals surface area contributed by atoms with Crippen LogP contribution in [0.4, 0.5) is 0 Å². The van der Waals surface area contributed by atoms with E-state index in [-0.39, 0.29) is 24.8 Å². The van der Waals surface area contributed by atoms with Gasteiger partial charge in [-0.2, -0.15) is 0 Å². The molecule has 8 heteroatoms. The molecule has 0 aromatic rings. The van der Waals surface area contributed by atoms with Crippen LogP contribution in [0.25, 0.3) is 0 Å². The predicted molar refractivity (Wildman–Crippen MR) is 63.1 cm³/mol. The molecule has 0 aliphatic carbocycles. The summed E-state index contributed by atoms with van der Waals surface area (Å²) in [5.41, 5.74) is 15.8. The molecule has 0 bridgehead atoms. The van der Waals surface area contributed by atoms with Crippen LogP contribution in [0, 0.1) is 0 Å². The molecule has 0 saturated heterocycles. The second kappa shape index (κ2) is 8.34. The van der Waals surface area contributed by atoms with E-state index in [2.05, 4.69) is 10.3 Å². The van der Waals surface area contributed by atoms with Crippen LogP contribution in [0.2, 0.25) is 0 Å². The number of aliphatic imine (C=N–C) groups is 1. The van der Waals surface area contributed by atoms with E-state index in [4.69, 9.17) is 22.3 Å². The van der Waals surface area contributed by atoms with Crippen molar-refractivity contribution in [1.82, 2.24) is 5.32 Å². The highest BCUT2D eigenvalue weighted by molar-refractivity contribution is 5.81. The van der Waals surface area contributed by atoms with Crippen molar-refractivity contribution in [3.05, 3.63) is 0 Å². The molecule has 0 aliphatic heterocycles. The van der Waals surface area contributed by atoms with Crippen LogP contribution in [0.15, 0.2) is 4.99 Å². The van der Waals surface area contributed by atoms with Gasteiger partial charge in [0.05, 0.1) is 12.5 Å². The lowest BCUT2D eigenvalue weighted by Gasteiger charge is -2.10. The lowest BCUT2D eigenvalue weighted by Crippen LogP contribution is -2.41. The molecular weight excluding hydrogens is 226 g/mol. The normalized spacial score (nSPS) is 11.6. The van der Waals surface area contributed by atoms with Gasteiger partial charge in [0.25, 0.3) is 0 Å². The third kappa shape index (κ3) is 9.12. The van der Waals surface area contributed by atoms with Gasteiger partial charge in [-0.05, 0) is 12.8 Å². The lowest BCUT2D eigenvalue weighted by molar-refractivity contribution is -0.136. The Morgan fingerprint density at radius 3 is 2.53 bits per heavy atom. The fourth-order valence-electron chi connectivity index (χ4n) is 1.07. The molecule has 1 atom stereocenters. The van der Waals surface area contributed by atoms with Gasteiger partial charge in [0.1, 0.15) is 0 Å². The smallest absolute Gasteiger partial charge is 0.305 e. The Balaban J connectivity index is 3.67. The number of carboxylic acids is 1. The fourth-order valence-corrected chi connectivity index (χ4v) is 1.07. The SMILES string of the molecule is NC(N)=NCCCC(N)C(=O)NCCC(=O)O. The Morgan fingerprint density at radius 1 is 1.35 bits per heavy atom. The summed E-state index contributed by atoms with van der Waals surface area (Å²) in [5.74, 6) is -1.33. The average molecular weight is 245 g/mol. The van der Waals surface area contributed by atoms with Crippen molar-refractivity contribution >= 4 is 17.8 Å². The summed E-state index contributed by atoms with van der Waals surface area (Å²) in [5, 5.41) is 10.8. The number of aliphatic carboxylic acids is 1. The van der Waals surface area contributed by atoms with Crippen LogP contribution < -0.4 is 22.5 Å². The first-order valence-corrected chi connectivity index (χ1v) is 5.24. The van der Waals surface area contributed by atoms with Crippen LogP contribution in [0.5, 0.6) is 0 Å². The Bertz CT molecular complexity index is 288. The number of nitrogens with two attached hydrogens (primary N) is 3. The molecule has 1 unspecified atom stereocenters. The number of hydrogen-bond acceptors (Lipinski definition) is 4. The number of hydrogen-bond donors (Lipinski definition) is 5. The largest absolute Gasteiger partial charge is 0.481 e. The van der Waals surface area contributed by atoms with E-state index in [0.29, 0.717) is 19.4 Å². The van der Waals surface area contributed by atoms with E-state index in [1.54, 1.807) is 0 Å². The molecule has 8 N–H and O–H groups in total. The van der Waals surface area contributed by atoms with Gasteiger partial charge in [0, 0.05) is 13.1 Å². The minimum Gasteiger partial charge on any atom is -0.481 e. The van der Waals surface area contributed by atoms with Crippen LogP contribution in [-0.2, 0) is 9.59 Å². The predicted octanol–water partition coefficient (Wildman–Crippen LogP) is -2.04. The third-order valence-corrected chi connectivity index (χ3v) is 1.94. The first-order chi connectivity index (χ1) is 7.93. The Hall–Kier alpha value is -1.83. The number of nitrogens with one attached hydrogen (secondary N) is 1. The monoisotopic (exact) mass is 245 g/mol. The third-order valence-electron chi connectivity index (χ3n) is 1.94. The van der Waals surface area contributed by atoms with Gasteiger partial charge in [-0.1, -0.05) is 0 Å². The van der Waals surface area contributed by atoms with Crippen molar-refractivity contribution in [2.45, 2.75) is 25.3 Å². The second-order valence-corrected chi connectivity index (χ2v) is 3.49. The first-order valence-electron chi connectivity index (χ1n) is 5.24. The Labute approximate surface area is 99.2 Å². The molecule has 0 aromatic carbocycles. The summed E-state index contributed by atoms with van der Waals surface area (Å²) >= 11 is 0. The molecule has 98 valence electrons. The van der Waals surface area contributed by atoms with E-state index in [0.717, 1.165) is 0 Å². The maximum atomic E-state index is 11.3. The van der Waals surface area contributed by atoms with Crippen molar-refractivity contribution in [2.75, 3.05) is 13.1 Å². The molecule has 0 radical (unpaired) electrons. The van der Waals surface area contributed by atoms with Crippen LogP contribution in [-0.4, -0.2) is 42.1 Å². The fraction of sp³-hybridized carbons (Fsp3) is 0.667. The van der Waals surface area contributed by atoms with Crippen LogP contribution in [0.3, 0.4) is 0 Å². The number of guanidine groups is 1. The summed E-state index contributed by atoms with van der Waals surface area (Å²) in [6.45, 7) is 0.494. The zero-order valence-corrected chi connectivity index (χ0v) is 9.56. The van der Waals surface area contributed by atoms with E-state index in [9.17, 15) is 9.59 Å². The van der Waals surface area contributed by atoms with E-state index >= 15 is 0 Å². The first kappa shape index (κ1) is 15.2. The quantitative estimate of drug-likeness (QED) is 0.188. The minimum atomic E-state index is -0.966. The molecular formula is C9H19N5O3. The van der Waals surface area contributed by atoms with Crippen LogP contribution in [0.1, 0.15) is 19.3 Å². The minimum absolute atomic E-state index is 0.00415. The Morgan fingerprint density at radius 2 is 2.00 bits per heavy atom. The standard InChI is InChI=1S/C9H19N5O3/c10-6(2-1-4-14-9(11)12)8(17)13-5-3-7(15)16/h6H,1-5,10H2,(H,13,17)(H,15,16)(H4,11,12,14). The van der Waals surface area contributed by atoms with Crippen LogP contribution >= 0.6 is 0 Å². The molecule has 0 aliphatic rings. The number of rotatable bonds is 8. The van der Waals surface area contributed by atoms with Gasteiger partial charge in [-0.25, -0.2) is 0 Å². The maximum Gasteiger partial charge on any atom is 0.305 e. The second-order valence-electron chi connectivity index (χ2n) is 3.49. The number of carbonyl (C=O) groups excluding carboxylic acids is 1. The van der Waals surface area contributed by atoms with Gasteiger partial charge >= 0.3 is 5.97 Å². The van der Waals surface area contributed by atoms with Crippen molar-refractivity contribution in [3.63, 3.8) is 0 Å². The van der Waals surface area contributed by atoms with Gasteiger partial charge in [0.2, 0.25) is 5.91 Å². The summed E-state index contributed by atoms with van der Waals surface area (Å²) in [6.07, 6.45) is 0.910. The molecule has 0 aromatic heterocycles. The van der Waals surface area contributed by atoms with E-state index < -0.39 is 12.0 Å². The summed E-state index contributed by atoms with van der Waals surface area (Å²) < 4.78 is 0. The topological polar surface area (TPSA) is 157 Å². The number of amides is 1. The van der Waals surface area contributed by atoms with Gasteiger partial charge in [0.15, 0.2) is 5.96 Å². The molecule has 1 amide bonds.